The molecule has 0 amide bonds. The molecular weight excluding hydrogens is 382 g/mol. The molecule has 23 heavy (non-hydrogen) atoms. The van der Waals surface area contributed by atoms with Crippen molar-refractivity contribution >= 4 is 43.5 Å². The summed E-state index contributed by atoms with van der Waals surface area (Å²) in [7, 11) is 0. The van der Waals surface area contributed by atoms with Gasteiger partial charge in [-0.15, -0.1) is 11.3 Å². The minimum atomic E-state index is -1.04. The molecule has 0 saturated carbocycles. The lowest BCUT2D eigenvalue weighted by atomic mass is 10.2. The predicted molar refractivity (Wildman–Crippen MR) is 92.8 cm³/mol. The summed E-state index contributed by atoms with van der Waals surface area (Å²) in [6, 6.07) is 7.72. The maximum absolute atomic E-state index is 12.5. The summed E-state index contributed by atoms with van der Waals surface area (Å²) in [5, 5.41) is 9.50. The number of thiophene rings is 1. The summed E-state index contributed by atoms with van der Waals surface area (Å²) in [6.07, 6.45) is 1.38. The first kappa shape index (κ1) is 15.7. The molecule has 1 aromatic carbocycles. The van der Waals surface area contributed by atoms with E-state index < -0.39 is 5.97 Å². The molecule has 0 aliphatic rings. The number of rotatable bonds is 4. The topological polar surface area (TPSA) is 84.2 Å². The van der Waals surface area contributed by atoms with Crippen LogP contribution in [-0.4, -0.2) is 20.7 Å². The van der Waals surface area contributed by atoms with E-state index >= 15 is 0 Å². The molecule has 3 aromatic rings. The van der Waals surface area contributed by atoms with Crippen molar-refractivity contribution in [1.82, 2.24) is 9.66 Å². The monoisotopic (exact) mass is 393 g/mol. The summed E-state index contributed by atoms with van der Waals surface area (Å²) in [4.78, 5) is 28.5. The van der Waals surface area contributed by atoms with E-state index in [4.69, 9.17) is 5.11 Å². The van der Waals surface area contributed by atoms with Gasteiger partial charge in [0.25, 0.3) is 5.56 Å². The second-order valence-corrected chi connectivity index (χ2v) is 6.84. The Balaban J connectivity index is 1.96. The van der Waals surface area contributed by atoms with Crippen molar-refractivity contribution < 1.29 is 9.90 Å². The number of carbonyl (C=O) groups is 1. The first-order chi connectivity index (χ1) is 11.0. The Bertz CT molecular complexity index is 964. The van der Waals surface area contributed by atoms with Gasteiger partial charge < -0.3 is 10.5 Å². The number of nitrogens with zero attached hydrogens (tertiary/aromatic N) is 2. The molecule has 0 aliphatic carbocycles. The lowest BCUT2D eigenvalue weighted by molar-refractivity contribution is 0.0701. The van der Waals surface area contributed by atoms with Gasteiger partial charge in [-0.25, -0.2) is 14.5 Å². The molecule has 0 radical (unpaired) electrons. The van der Waals surface area contributed by atoms with Gasteiger partial charge in [-0.3, -0.25) is 4.79 Å². The fourth-order valence-electron chi connectivity index (χ4n) is 2.26. The highest BCUT2D eigenvalue weighted by molar-refractivity contribution is 9.10. The number of aromatic nitrogens is 2. The number of carboxylic acid groups (broad SMARTS) is 1. The molecule has 8 heteroatoms. The molecule has 2 N–H and O–H groups in total. The smallest absolute Gasteiger partial charge is 0.346 e. The Kier molecular flexibility index (Phi) is 4.18. The summed E-state index contributed by atoms with van der Waals surface area (Å²) in [6.45, 7) is 2.07. The Morgan fingerprint density at radius 3 is 2.96 bits per heavy atom. The molecule has 2 heterocycles. The average Bonchev–Trinajstić information content (AvgIpc) is 2.85. The largest absolute Gasteiger partial charge is 0.477 e. The van der Waals surface area contributed by atoms with Crippen LogP contribution >= 0.6 is 27.3 Å². The molecule has 0 saturated heterocycles. The SMILES string of the molecule is Cc1c(C(=O)O)sc2ncn(NCc3cccc(Br)c3)c(=O)c12. The molecule has 0 unspecified atom stereocenters. The number of halogens is 1. The zero-order valence-electron chi connectivity index (χ0n) is 12.0. The molecule has 6 nitrogen and oxygen atoms in total. The van der Waals surface area contributed by atoms with Crippen LogP contribution < -0.4 is 11.0 Å². The van der Waals surface area contributed by atoms with E-state index in [2.05, 4.69) is 26.3 Å². The van der Waals surface area contributed by atoms with Gasteiger partial charge in [-0.2, -0.15) is 0 Å². The van der Waals surface area contributed by atoms with Crippen LogP contribution in [0.4, 0.5) is 0 Å². The minimum Gasteiger partial charge on any atom is -0.477 e. The highest BCUT2D eigenvalue weighted by Crippen LogP contribution is 2.26. The van der Waals surface area contributed by atoms with Gasteiger partial charge in [-0.1, -0.05) is 28.1 Å². The molecule has 0 fully saturated rings. The van der Waals surface area contributed by atoms with Crippen LogP contribution in [0.15, 0.2) is 39.9 Å². The van der Waals surface area contributed by atoms with Crippen LogP contribution in [0.25, 0.3) is 10.2 Å². The quantitative estimate of drug-likeness (QED) is 0.711. The fraction of sp³-hybridized carbons (Fsp3) is 0.133. The van der Waals surface area contributed by atoms with Crippen LogP contribution in [0.5, 0.6) is 0 Å². The van der Waals surface area contributed by atoms with Crippen molar-refractivity contribution in [1.29, 1.82) is 0 Å². The summed E-state index contributed by atoms with van der Waals surface area (Å²) in [5.74, 6) is -1.04. The van der Waals surface area contributed by atoms with Gasteiger partial charge in [-0.05, 0) is 30.2 Å². The van der Waals surface area contributed by atoms with Crippen molar-refractivity contribution in [3.63, 3.8) is 0 Å². The Labute approximate surface area is 143 Å². The minimum absolute atomic E-state index is 0.148. The fourth-order valence-corrected chi connectivity index (χ4v) is 3.69. The summed E-state index contributed by atoms with van der Waals surface area (Å²) in [5.41, 5.74) is 4.14. The highest BCUT2D eigenvalue weighted by atomic mass is 79.9. The van der Waals surface area contributed by atoms with Gasteiger partial charge in [0, 0.05) is 4.47 Å². The van der Waals surface area contributed by atoms with Gasteiger partial charge in [0.2, 0.25) is 0 Å². The number of hydrogen-bond acceptors (Lipinski definition) is 5. The second kappa shape index (κ2) is 6.13. The van der Waals surface area contributed by atoms with Gasteiger partial charge in [0.05, 0.1) is 11.9 Å². The third-order valence-corrected chi connectivity index (χ3v) is 5.07. The van der Waals surface area contributed by atoms with Crippen molar-refractivity contribution in [2.24, 2.45) is 0 Å². The zero-order chi connectivity index (χ0) is 16.6. The van der Waals surface area contributed by atoms with Crippen molar-refractivity contribution in [2.45, 2.75) is 13.5 Å². The number of aromatic carboxylic acids is 1. The van der Waals surface area contributed by atoms with Crippen molar-refractivity contribution in [2.75, 3.05) is 5.43 Å². The lowest BCUT2D eigenvalue weighted by Crippen LogP contribution is -2.28. The molecular formula is C15H12BrN3O3S. The molecule has 0 spiro atoms. The molecule has 0 bridgehead atoms. The normalized spacial score (nSPS) is 10.9. The van der Waals surface area contributed by atoms with E-state index in [1.54, 1.807) is 6.92 Å². The number of benzene rings is 1. The van der Waals surface area contributed by atoms with E-state index in [1.807, 2.05) is 24.3 Å². The Hall–Kier alpha value is -2.19. The number of aryl methyl sites for hydroxylation is 1. The number of hydrogen-bond donors (Lipinski definition) is 2. The Morgan fingerprint density at radius 2 is 2.26 bits per heavy atom. The van der Waals surface area contributed by atoms with Crippen LogP contribution in [0.1, 0.15) is 20.8 Å². The molecule has 0 atom stereocenters. The molecule has 3 rings (SSSR count). The van der Waals surface area contributed by atoms with Crippen LogP contribution in [0.2, 0.25) is 0 Å². The summed E-state index contributed by atoms with van der Waals surface area (Å²) < 4.78 is 2.24. The van der Waals surface area contributed by atoms with Crippen molar-refractivity contribution in [3.05, 3.63) is 61.4 Å². The van der Waals surface area contributed by atoms with Crippen molar-refractivity contribution in [3.8, 4) is 0 Å². The second-order valence-electron chi connectivity index (χ2n) is 4.93. The Morgan fingerprint density at radius 1 is 1.48 bits per heavy atom. The van der Waals surface area contributed by atoms with E-state index in [0.29, 0.717) is 22.3 Å². The van der Waals surface area contributed by atoms with E-state index in [-0.39, 0.29) is 10.4 Å². The standard InChI is InChI=1S/C15H12BrN3O3S/c1-8-11-13(23-12(8)15(21)22)17-7-19(14(11)20)18-6-9-3-2-4-10(16)5-9/h2-5,7,18H,6H2,1H3,(H,21,22). The average molecular weight is 394 g/mol. The van der Waals surface area contributed by atoms with Crippen LogP contribution in [0.3, 0.4) is 0 Å². The van der Waals surface area contributed by atoms with E-state index in [0.717, 1.165) is 21.4 Å². The zero-order valence-corrected chi connectivity index (χ0v) is 14.4. The van der Waals surface area contributed by atoms with Gasteiger partial charge in [0.1, 0.15) is 16.0 Å². The highest BCUT2D eigenvalue weighted by Gasteiger charge is 2.18. The first-order valence-electron chi connectivity index (χ1n) is 6.69. The maximum atomic E-state index is 12.5. The van der Waals surface area contributed by atoms with Gasteiger partial charge >= 0.3 is 5.97 Å². The van der Waals surface area contributed by atoms with E-state index in [9.17, 15) is 9.59 Å². The molecule has 0 aliphatic heterocycles. The first-order valence-corrected chi connectivity index (χ1v) is 8.30. The van der Waals surface area contributed by atoms with Crippen LogP contribution in [0, 0.1) is 6.92 Å². The van der Waals surface area contributed by atoms with E-state index in [1.165, 1.54) is 11.0 Å². The molecule has 118 valence electrons. The summed E-state index contributed by atoms with van der Waals surface area (Å²) >= 11 is 4.41. The number of nitrogens with one attached hydrogen (secondary N) is 1. The third-order valence-electron chi connectivity index (χ3n) is 3.39. The number of carboxylic acids is 1. The predicted octanol–water partition coefficient (Wildman–Crippen LogP) is 2.97. The lowest BCUT2D eigenvalue weighted by Gasteiger charge is -2.09. The molecule has 2 aromatic heterocycles. The third kappa shape index (κ3) is 2.99. The van der Waals surface area contributed by atoms with Crippen LogP contribution in [-0.2, 0) is 6.54 Å². The van der Waals surface area contributed by atoms with Gasteiger partial charge in [0.15, 0.2) is 0 Å². The maximum Gasteiger partial charge on any atom is 0.346 e. The number of fused-ring (bicyclic) bond motifs is 1.